The van der Waals surface area contributed by atoms with E-state index < -0.39 is 0 Å². The SMILES string of the molecule is O=C1c2ccccc2C(=O)c2nn(CC(=O)N3CCCCC3)cc21. The lowest BCUT2D eigenvalue weighted by atomic mass is 9.88. The summed E-state index contributed by atoms with van der Waals surface area (Å²) in [5.41, 5.74) is 1.20. The van der Waals surface area contributed by atoms with Crippen molar-refractivity contribution < 1.29 is 14.4 Å². The Morgan fingerprint density at radius 1 is 0.958 bits per heavy atom. The third-order valence-electron chi connectivity index (χ3n) is 4.64. The van der Waals surface area contributed by atoms with Crippen LogP contribution in [-0.4, -0.2) is 45.2 Å². The summed E-state index contributed by atoms with van der Waals surface area (Å²) in [4.78, 5) is 39.3. The minimum absolute atomic E-state index is 0.0213. The number of carbonyl (C=O) groups excluding carboxylic acids is 3. The van der Waals surface area contributed by atoms with E-state index in [1.807, 2.05) is 4.90 Å². The summed E-state index contributed by atoms with van der Waals surface area (Å²) in [6.45, 7) is 1.59. The first-order valence-electron chi connectivity index (χ1n) is 8.19. The van der Waals surface area contributed by atoms with Gasteiger partial charge in [0.2, 0.25) is 11.7 Å². The highest BCUT2D eigenvalue weighted by atomic mass is 16.2. The Kier molecular flexibility index (Phi) is 3.52. The number of fused-ring (bicyclic) bond motifs is 2. The van der Waals surface area contributed by atoms with Crippen molar-refractivity contribution in [1.29, 1.82) is 0 Å². The predicted octanol–water partition coefficient (Wildman–Crippen LogP) is 1.67. The Bertz CT molecular complexity index is 794. The molecule has 1 saturated heterocycles. The number of carbonyl (C=O) groups is 3. The Morgan fingerprint density at radius 3 is 2.33 bits per heavy atom. The van der Waals surface area contributed by atoms with Gasteiger partial charge in [0, 0.05) is 30.4 Å². The fourth-order valence-corrected chi connectivity index (χ4v) is 3.37. The van der Waals surface area contributed by atoms with Crippen LogP contribution in [0.15, 0.2) is 30.5 Å². The average Bonchev–Trinajstić information content (AvgIpc) is 3.04. The maximum Gasteiger partial charge on any atom is 0.244 e. The highest BCUT2D eigenvalue weighted by Crippen LogP contribution is 2.26. The molecule has 0 bridgehead atoms. The van der Waals surface area contributed by atoms with Crippen LogP contribution >= 0.6 is 0 Å². The normalized spacial score (nSPS) is 16.8. The van der Waals surface area contributed by atoms with E-state index in [1.54, 1.807) is 24.3 Å². The van der Waals surface area contributed by atoms with Gasteiger partial charge in [-0.1, -0.05) is 24.3 Å². The molecular formula is C18H17N3O3. The van der Waals surface area contributed by atoms with Crippen molar-refractivity contribution >= 4 is 17.5 Å². The van der Waals surface area contributed by atoms with Crippen LogP contribution in [0.25, 0.3) is 0 Å². The molecule has 6 heteroatoms. The number of rotatable bonds is 2. The van der Waals surface area contributed by atoms with E-state index in [4.69, 9.17) is 0 Å². The number of piperidine rings is 1. The van der Waals surface area contributed by atoms with Gasteiger partial charge < -0.3 is 4.90 Å². The molecule has 2 heterocycles. The van der Waals surface area contributed by atoms with E-state index in [0.29, 0.717) is 11.1 Å². The molecule has 1 aromatic carbocycles. The van der Waals surface area contributed by atoms with Gasteiger partial charge in [-0.3, -0.25) is 19.1 Å². The van der Waals surface area contributed by atoms with Crippen LogP contribution in [0.1, 0.15) is 51.2 Å². The fraction of sp³-hybridized carbons (Fsp3) is 0.333. The van der Waals surface area contributed by atoms with Crippen molar-refractivity contribution in [2.45, 2.75) is 25.8 Å². The van der Waals surface area contributed by atoms with Gasteiger partial charge in [0.25, 0.3) is 0 Å². The number of aromatic nitrogens is 2. The summed E-state index contributed by atoms with van der Waals surface area (Å²) < 4.78 is 1.42. The first-order chi connectivity index (χ1) is 11.6. The second-order valence-corrected chi connectivity index (χ2v) is 6.23. The van der Waals surface area contributed by atoms with Crippen molar-refractivity contribution in [2.24, 2.45) is 0 Å². The summed E-state index contributed by atoms with van der Waals surface area (Å²) in [6, 6.07) is 6.75. The van der Waals surface area contributed by atoms with Crippen LogP contribution < -0.4 is 0 Å². The third kappa shape index (κ3) is 2.35. The second-order valence-electron chi connectivity index (χ2n) is 6.23. The first-order valence-corrected chi connectivity index (χ1v) is 8.19. The molecule has 1 fully saturated rings. The van der Waals surface area contributed by atoms with Crippen LogP contribution in [-0.2, 0) is 11.3 Å². The molecule has 0 spiro atoms. The number of amides is 1. The molecule has 0 saturated carbocycles. The minimum Gasteiger partial charge on any atom is -0.341 e. The third-order valence-corrected chi connectivity index (χ3v) is 4.64. The molecule has 0 N–H and O–H groups in total. The largest absolute Gasteiger partial charge is 0.341 e. The molecular weight excluding hydrogens is 306 g/mol. The number of hydrogen-bond acceptors (Lipinski definition) is 4. The van der Waals surface area contributed by atoms with Gasteiger partial charge in [-0.15, -0.1) is 0 Å². The van der Waals surface area contributed by atoms with Gasteiger partial charge in [0.15, 0.2) is 5.78 Å². The van der Waals surface area contributed by atoms with E-state index in [0.717, 1.165) is 32.4 Å². The number of benzene rings is 1. The average molecular weight is 323 g/mol. The van der Waals surface area contributed by atoms with Gasteiger partial charge in [0.05, 0.1) is 5.56 Å². The quantitative estimate of drug-likeness (QED) is 0.719. The Hall–Kier alpha value is -2.76. The fourth-order valence-electron chi connectivity index (χ4n) is 3.37. The lowest BCUT2D eigenvalue weighted by molar-refractivity contribution is -0.132. The molecule has 0 radical (unpaired) electrons. The zero-order valence-corrected chi connectivity index (χ0v) is 13.2. The van der Waals surface area contributed by atoms with E-state index in [-0.39, 0.29) is 35.3 Å². The van der Waals surface area contributed by atoms with Crippen molar-refractivity contribution in [3.8, 4) is 0 Å². The highest BCUT2D eigenvalue weighted by molar-refractivity contribution is 6.27. The lowest BCUT2D eigenvalue weighted by Gasteiger charge is -2.26. The molecule has 1 aliphatic carbocycles. The molecule has 2 aromatic rings. The minimum atomic E-state index is -0.260. The van der Waals surface area contributed by atoms with Crippen molar-refractivity contribution in [3.05, 3.63) is 52.8 Å². The Morgan fingerprint density at radius 2 is 1.62 bits per heavy atom. The predicted molar refractivity (Wildman–Crippen MR) is 86.0 cm³/mol. The number of hydrogen-bond donors (Lipinski definition) is 0. The molecule has 4 rings (SSSR count). The molecule has 1 amide bonds. The highest BCUT2D eigenvalue weighted by Gasteiger charge is 2.32. The van der Waals surface area contributed by atoms with Gasteiger partial charge in [-0.25, -0.2) is 0 Å². The van der Waals surface area contributed by atoms with E-state index in [2.05, 4.69) is 5.10 Å². The Balaban J connectivity index is 1.61. The molecule has 24 heavy (non-hydrogen) atoms. The van der Waals surface area contributed by atoms with Gasteiger partial charge in [-0.2, -0.15) is 5.10 Å². The van der Waals surface area contributed by atoms with Crippen LogP contribution in [0.3, 0.4) is 0 Å². The van der Waals surface area contributed by atoms with E-state index >= 15 is 0 Å². The smallest absolute Gasteiger partial charge is 0.244 e. The maximum atomic E-state index is 12.6. The standard InChI is InChI=1S/C18H17N3O3/c22-15(20-8-4-1-5-9-20)11-21-10-14-16(19-21)18(24)13-7-3-2-6-12(13)17(14)23/h2-3,6-7,10H,1,4-5,8-9,11H2. The number of likely N-dealkylation sites (tertiary alicyclic amines) is 1. The van der Waals surface area contributed by atoms with Crippen LogP contribution in [0, 0.1) is 0 Å². The van der Waals surface area contributed by atoms with Crippen molar-refractivity contribution in [2.75, 3.05) is 13.1 Å². The van der Waals surface area contributed by atoms with Crippen LogP contribution in [0.4, 0.5) is 0 Å². The summed E-state index contributed by atoms with van der Waals surface area (Å²) in [5, 5.41) is 4.21. The van der Waals surface area contributed by atoms with Gasteiger partial charge in [0.1, 0.15) is 12.2 Å². The zero-order chi connectivity index (χ0) is 16.7. The molecule has 2 aliphatic rings. The number of ketones is 2. The number of nitrogens with zero attached hydrogens (tertiary/aromatic N) is 3. The summed E-state index contributed by atoms with van der Waals surface area (Å²) in [5.74, 6) is -0.492. The van der Waals surface area contributed by atoms with Gasteiger partial charge >= 0.3 is 0 Å². The molecule has 122 valence electrons. The second kappa shape index (κ2) is 5.70. The first kappa shape index (κ1) is 14.8. The van der Waals surface area contributed by atoms with E-state index in [9.17, 15) is 14.4 Å². The monoisotopic (exact) mass is 323 g/mol. The van der Waals surface area contributed by atoms with Crippen molar-refractivity contribution in [1.82, 2.24) is 14.7 Å². The molecule has 0 unspecified atom stereocenters. The molecule has 1 aliphatic heterocycles. The lowest BCUT2D eigenvalue weighted by Crippen LogP contribution is -2.37. The van der Waals surface area contributed by atoms with Crippen LogP contribution in [0.2, 0.25) is 0 Å². The molecule has 6 nitrogen and oxygen atoms in total. The van der Waals surface area contributed by atoms with Crippen LogP contribution in [0.5, 0.6) is 0 Å². The molecule has 0 atom stereocenters. The summed E-state index contributed by atoms with van der Waals surface area (Å²) >= 11 is 0. The maximum absolute atomic E-state index is 12.6. The topological polar surface area (TPSA) is 72.3 Å². The van der Waals surface area contributed by atoms with Crippen molar-refractivity contribution in [3.63, 3.8) is 0 Å². The van der Waals surface area contributed by atoms with E-state index in [1.165, 1.54) is 10.9 Å². The summed E-state index contributed by atoms with van der Waals surface area (Å²) in [6.07, 6.45) is 4.72. The summed E-state index contributed by atoms with van der Waals surface area (Å²) in [7, 11) is 0. The molecule has 1 aromatic heterocycles. The van der Waals surface area contributed by atoms with Gasteiger partial charge in [-0.05, 0) is 19.3 Å². The Labute approximate surface area is 139 Å². The zero-order valence-electron chi connectivity index (χ0n) is 13.2.